The summed E-state index contributed by atoms with van der Waals surface area (Å²) in [4.78, 5) is 12.0. The van der Waals surface area contributed by atoms with Crippen molar-refractivity contribution >= 4 is 27.5 Å². The van der Waals surface area contributed by atoms with Gasteiger partial charge in [-0.25, -0.2) is 8.78 Å². The number of amides is 1. The smallest absolute Gasteiger partial charge is 0.264 e. The summed E-state index contributed by atoms with van der Waals surface area (Å²) < 4.78 is 26.3. The zero-order chi connectivity index (χ0) is 13.8. The molecule has 98 valence electrons. The Labute approximate surface area is 117 Å². The van der Waals surface area contributed by atoms with Gasteiger partial charge in [0.05, 0.1) is 5.69 Å². The van der Waals surface area contributed by atoms with Crippen molar-refractivity contribution in [3.63, 3.8) is 0 Å². The number of halogens is 3. The van der Waals surface area contributed by atoms with E-state index in [0.29, 0.717) is 10.2 Å². The van der Waals surface area contributed by atoms with Crippen LogP contribution in [0.1, 0.15) is 22.3 Å². The van der Waals surface area contributed by atoms with Crippen LogP contribution in [0.5, 0.6) is 0 Å². The van der Waals surface area contributed by atoms with Crippen LogP contribution in [0.3, 0.4) is 0 Å². The van der Waals surface area contributed by atoms with Gasteiger partial charge in [-0.05, 0) is 34.1 Å². The number of hydrogen-bond acceptors (Lipinski definition) is 1. The molecule has 5 heteroatoms. The van der Waals surface area contributed by atoms with Crippen LogP contribution in [0.15, 0.2) is 53.0 Å². The maximum atomic E-state index is 12.8. The maximum Gasteiger partial charge on any atom is 0.264 e. The minimum absolute atomic E-state index is 0.0201. The van der Waals surface area contributed by atoms with Gasteiger partial charge in [0.15, 0.2) is 0 Å². The summed E-state index contributed by atoms with van der Waals surface area (Å²) in [5.41, 5.74) is 0.247. The number of anilines is 1. The first-order valence-electron chi connectivity index (χ1n) is 5.52. The van der Waals surface area contributed by atoms with E-state index in [4.69, 9.17) is 0 Å². The second-order valence-electron chi connectivity index (χ2n) is 3.82. The van der Waals surface area contributed by atoms with Crippen LogP contribution >= 0.6 is 15.9 Å². The van der Waals surface area contributed by atoms with Gasteiger partial charge in [-0.1, -0.05) is 30.3 Å². The molecule has 0 aliphatic rings. The summed E-state index contributed by atoms with van der Waals surface area (Å²) in [5, 5.41) is 2.60. The SMILES string of the molecule is O=C(Nc1ccccc1Br)c1ccccc1C(F)F. The molecule has 2 nitrogen and oxygen atoms in total. The molecule has 0 bridgehead atoms. The summed E-state index contributed by atoms with van der Waals surface area (Å²) >= 11 is 3.28. The molecule has 0 saturated carbocycles. The van der Waals surface area contributed by atoms with E-state index in [1.807, 2.05) is 0 Å². The lowest BCUT2D eigenvalue weighted by Gasteiger charge is -2.10. The molecule has 2 aromatic carbocycles. The Balaban J connectivity index is 2.29. The number of alkyl halides is 2. The molecule has 0 heterocycles. The molecule has 0 spiro atoms. The second kappa shape index (κ2) is 5.93. The summed E-state index contributed by atoms with van der Waals surface area (Å²) in [6, 6.07) is 12.7. The monoisotopic (exact) mass is 325 g/mol. The van der Waals surface area contributed by atoms with Crippen LogP contribution in [0.2, 0.25) is 0 Å². The fraction of sp³-hybridized carbons (Fsp3) is 0.0714. The molecular weight excluding hydrogens is 316 g/mol. The van der Waals surface area contributed by atoms with Crippen molar-refractivity contribution in [1.82, 2.24) is 0 Å². The van der Waals surface area contributed by atoms with Gasteiger partial charge in [-0.2, -0.15) is 0 Å². The average Bonchev–Trinajstić information content (AvgIpc) is 2.41. The van der Waals surface area contributed by atoms with Crippen LogP contribution in [0, 0.1) is 0 Å². The highest BCUT2D eigenvalue weighted by molar-refractivity contribution is 9.10. The molecular formula is C14H10BrF2NO. The minimum atomic E-state index is -2.68. The van der Waals surface area contributed by atoms with Gasteiger partial charge in [0.2, 0.25) is 0 Å². The Morgan fingerprint density at radius 2 is 1.68 bits per heavy atom. The highest BCUT2D eigenvalue weighted by atomic mass is 79.9. The predicted molar refractivity (Wildman–Crippen MR) is 73.5 cm³/mol. The molecule has 0 atom stereocenters. The summed E-state index contributed by atoms with van der Waals surface area (Å²) in [7, 11) is 0. The van der Waals surface area contributed by atoms with Gasteiger partial charge in [0.1, 0.15) is 0 Å². The van der Waals surface area contributed by atoms with Crippen molar-refractivity contribution in [2.24, 2.45) is 0 Å². The molecule has 0 aliphatic heterocycles. The summed E-state index contributed by atoms with van der Waals surface area (Å²) in [6.07, 6.45) is -2.68. The van der Waals surface area contributed by atoms with Gasteiger partial charge < -0.3 is 5.32 Å². The van der Waals surface area contributed by atoms with Crippen LogP contribution in [0.25, 0.3) is 0 Å². The van der Waals surface area contributed by atoms with Crippen molar-refractivity contribution in [2.75, 3.05) is 5.32 Å². The van der Waals surface area contributed by atoms with Gasteiger partial charge in [0.25, 0.3) is 12.3 Å². The van der Waals surface area contributed by atoms with E-state index in [9.17, 15) is 13.6 Å². The van der Waals surface area contributed by atoms with E-state index in [2.05, 4.69) is 21.2 Å². The Kier molecular flexibility index (Phi) is 4.27. The molecule has 0 saturated heterocycles. The molecule has 1 amide bonds. The number of rotatable bonds is 3. The highest BCUT2D eigenvalue weighted by Gasteiger charge is 2.18. The molecule has 0 fully saturated rings. The Bertz CT molecular complexity index is 602. The van der Waals surface area contributed by atoms with E-state index < -0.39 is 12.3 Å². The van der Waals surface area contributed by atoms with Crippen molar-refractivity contribution < 1.29 is 13.6 Å². The Morgan fingerprint density at radius 1 is 1.05 bits per heavy atom. The average molecular weight is 326 g/mol. The van der Waals surface area contributed by atoms with Gasteiger partial charge in [-0.15, -0.1) is 0 Å². The predicted octanol–water partition coefficient (Wildman–Crippen LogP) is 4.64. The molecule has 0 unspecified atom stereocenters. The summed E-state index contributed by atoms with van der Waals surface area (Å²) in [6.45, 7) is 0. The van der Waals surface area contributed by atoms with E-state index in [1.54, 1.807) is 30.3 Å². The zero-order valence-corrected chi connectivity index (χ0v) is 11.3. The third kappa shape index (κ3) is 3.17. The van der Waals surface area contributed by atoms with E-state index >= 15 is 0 Å². The van der Waals surface area contributed by atoms with Gasteiger partial charge in [0, 0.05) is 15.6 Å². The van der Waals surface area contributed by atoms with Crippen LogP contribution in [0.4, 0.5) is 14.5 Å². The molecule has 0 radical (unpaired) electrons. The maximum absolute atomic E-state index is 12.8. The highest BCUT2D eigenvalue weighted by Crippen LogP contribution is 2.25. The number of para-hydroxylation sites is 1. The third-order valence-corrected chi connectivity index (χ3v) is 3.25. The second-order valence-corrected chi connectivity index (χ2v) is 4.68. The van der Waals surface area contributed by atoms with Crippen LogP contribution in [-0.4, -0.2) is 5.91 Å². The topological polar surface area (TPSA) is 29.1 Å². The fourth-order valence-corrected chi connectivity index (χ4v) is 2.03. The zero-order valence-electron chi connectivity index (χ0n) is 9.74. The standard InChI is InChI=1S/C14H10BrF2NO/c15-11-7-3-4-8-12(11)18-14(19)10-6-2-1-5-9(10)13(16)17/h1-8,13H,(H,18,19). The first-order valence-corrected chi connectivity index (χ1v) is 6.32. The van der Waals surface area contributed by atoms with Crippen molar-refractivity contribution in [3.8, 4) is 0 Å². The molecule has 2 aromatic rings. The first-order chi connectivity index (χ1) is 9.09. The molecule has 1 N–H and O–H groups in total. The lowest BCUT2D eigenvalue weighted by Crippen LogP contribution is -2.14. The lowest BCUT2D eigenvalue weighted by atomic mass is 10.1. The molecule has 0 aromatic heterocycles. The van der Waals surface area contributed by atoms with Crippen LogP contribution < -0.4 is 5.32 Å². The van der Waals surface area contributed by atoms with E-state index in [1.165, 1.54) is 18.2 Å². The quantitative estimate of drug-likeness (QED) is 0.875. The van der Waals surface area contributed by atoms with E-state index in [-0.39, 0.29) is 11.1 Å². The normalized spacial score (nSPS) is 10.5. The number of carbonyl (C=O) groups excluding carboxylic acids is 1. The summed E-state index contributed by atoms with van der Waals surface area (Å²) in [5.74, 6) is -0.553. The fourth-order valence-electron chi connectivity index (χ4n) is 1.65. The molecule has 19 heavy (non-hydrogen) atoms. The first kappa shape index (κ1) is 13.7. The Hall–Kier alpha value is -1.75. The molecule has 0 aliphatic carbocycles. The number of hydrogen-bond donors (Lipinski definition) is 1. The number of carbonyl (C=O) groups is 1. The third-order valence-electron chi connectivity index (χ3n) is 2.56. The number of nitrogens with one attached hydrogen (secondary N) is 1. The van der Waals surface area contributed by atoms with Crippen molar-refractivity contribution in [3.05, 3.63) is 64.1 Å². The van der Waals surface area contributed by atoms with Gasteiger partial charge >= 0.3 is 0 Å². The van der Waals surface area contributed by atoms with Crippen LogP contribution in [-0.2, 0) is 0 Å². The van der Waals surface area contributed by atoms with Crippen molar-refractivity contribution in [1.29, 1.82) is 0 Å². The van der Waals surface area contributed by atoms with Gasteiger partial charge in [-0.3, -0.25) is 4.79 Å². The van der Waals surface area contributed by atoms with Crippen molar-refractivity contribution in [2.45, 2.75) is 6.43 Å². The largest absolute Gasteiger partial charge is 0.321 e. The number of benzene rings is 2. The Morgan fingerprint density at radius 3 is 2.37 bits per heavy atom. The lowest BCUT2D eigenvalue weighted by molar-refractivity contribution is 0.101. The minimum Gasteiger partial charge on any atom is -0.321 e. The van der Waals surface area contributed by atoms with E-state index in [0.717, 1.165) is 0 Å². The molecule has 2 rings (SSSR count).